The quantitative estimate of drug-likeness (QED) is 0.914. The number of nitrogens with zero attached hydrogens (tertiary/aromatic N) is 1. The van der Waals surface area contributed by atoms with E-state index in [0.717, 1.165) is 17.7 Å². The number of oxime groups is 1. The topological polar surface area (TPSA) is 59.9 Å². The average molecular weight is 350 g/mol. The van der Waals surface area contributed by atoms with Gasteiger partial charge in [0.15, 0.2) is 0 Å². The molecule has 1 N–H and O–H groups in total. The molecule has 1 unspecified atom stereocenters. The highest BCUT2D eigenvalue weighted by Crippen LogP contribution is 2.24. The Hall–Kier alpha value is -3.03. The summed E-state index contributed by atoms with van der Waals surface area (Å²) >= 11 is 0. The Balaban J connectivity index is 1.57. The third-order valence-corrected chi connectivity index (χ3v) is 3.42. The molecule has 130 valence electrons. The molecular weight excluding hydrogens is 337 g/mol. The molecule has 1 atom stereocenters. The summed E-state index contributed by atoms with van der Waals surface area (Å²) in [4.78, 5) is 17.3. The maximum atomic E-state index is 12.2. The van der Waals surface area contributed by atoms with Gasteiger partial charge in [0.2, 0.25) is 6.10 Å². The zero-order valence-corrected chi connectivity index (χ0v) is 12.8. The van der Waals surface area contributed by atoms with Crippen LogP contribution in [0.1, 0.15) is 12.0 Å². The predicted octanol–water partition coefficient (Wildman–Crippen LogP) is 3.72. The minimum absolute atomic E-state index is 0.311. The first-order valence-electron chi connectivity index (χ1n) is 7.35. The van der Waals surface area contributed by atoms with Gasteiger partial charge in [0.25, 0.3) is 5.91 Å². The Morgan fingerprint density at radius 1 is 1.12 bits per heavy atom. The second kappa shape index (κ2) is 6.84. The second-order valence-electron chi connectivity index (χ2n) is 5.26. The summed E-state index contributed by atoms with van der Waals surface area (Å²) in [6, 6.07) is 14.2. The van der Waals surface area contributed by atoms with E-state index in [1.54, 1.807) is 0 Å². The van der Waals surface area contributed by atoms with Gasteiger partial charge in [-0.3, -0.25) is 4.79 Å². The van der Waals surface area contributed by atoms with Gasteiger partial charge in [-0.15, -0.1) is 13.2 Å². The lowest BCUT2D eigenvalue weighted by molar-refractivity contribution is -0.274. The lowest BCUT2D eigenvalue weighted by Crippen LogP contribution is -2.28. The summed E-state index contributed by atoms with van der Waals surface area (Å²) in [5.74, 6) is -0.795. The minimum Gasteiger partial charge on any atom is -0.406 e. The van der Waals surface area contributed by atoms with Gasteiger partial charge in [0.05, 0.1) is 5.71 Å². The van der Waals surface area contributed by atoms with Crippen molar-refractivity contribution in [1.29, 1.82) is 0 Å². The molecule has 25 heavy (non-hydrogen) atoms. The van der Waals surface area contributed by atoms with E-state index in [0.29, 0.717) is 17.8 Å². The largest absolute Gasteiger partial charge is 0.573 e. The number of hydrogen-bond donors (Lipinski definition) is 1. The zero-order chi connectivity index (χ0) is 17.9. The lowest BCUT2D eigenvalue weighted by atomic mass is 10.0. The van der Waals surface area contributed by atoms with Gasteiger partial charge in [-0.05, 0) is 29.8 Å². The van der Waals surface area contributed by atoms with E-state index < -0.39 is 18.4 Å². The molecule has 8 heteroatoms. The van der Waals surface area contributed by atoms with Crippen LogP contribution in [-0.2, 0) is 9.63 Å². The number of rotatable bonds is 4. The van der Waals surface area contributed by atoms with Crippen molar-refractivity contribution in [2.24, 2.45) is 5.16 Å². The zero-order valence-electron chi connectivity index (χ0n) is 12.8. The van der Waals surface area contributed by atoms with Gasteiger partial charge in [0, 0.05) is 12.1 Å². The number of amides is 1. The minimum atomic E-state index is -4.76. The molecule has 0 bridgehead atoms. The lowest BCUT2D eigenvalue weighted by Gasteiger charge is -2.11. The number of benzene rings is 2. The first-order valence-corrected chi connectivity index (χ1v) is 7.35. The van der Waals surface area contributed by atoms with Crippen LogP contribution in [0.2, 0.25) is 0 Å². The van der Waals surface area contributed by atoms with Gasteiger partial charge in [-0.1, -0.05) is 35.5 Å². The fraction of sp³-hybridized carbons (Fsp3) is 0.176. The number of ether oxygens (including phenoxy) is 1. The summed E-state index contributed by atoms with van der Waals surface area (Å²) in [6.07, 6.45) is -5.24. The standard InChI is InChI=1S/C17H13F3N2O3/c18-17(19,20)24-13-8-6-12(7-9-13)21-16(23)15-10-14(22-25-15)11-4-2-1-3-5-11/h1-9,15H,10H2,(H,21,23). The van der Waals surface area contributed by atoms with Crippen molar-refractivity contribution < 1.29 is 27.5 Å². The summed E-state index contributed by atoms with van der Waals surface area (Å²) in [5, 5.41) is 6.49. The molecule has 0 saturated heterocycles. The molecule has 1 amide bonds. The highest BCUT2D eigenvalue weighted by Gasteiger charge is 2.31. The van der Waals surface area contributed by atoms with Gasteiger partial charge in [-0.2, -0.15) is 0 Å². The van der Waals surface area contributed by atoms with E-state index in [1.807, 2.05) is 30.3 Å². The molecule has 0 spiro atoms. The van der Waals surface area contributed by atoms with Gasteiger partial charge >= 0.3 is 6.36 Å². The maximum Gasteiger partial charge on any atom is 0.573 e. The number of anilines is 1. The van der Waals surface area contributed by atoms with Crippen LogP contribution >= 0.6 is 0 Å². The molecular formula is C17H13F3N2O3. The van der Waals surface area contributed by atoms with E-state index in [9.17, 15) is 18.0 Å². The molecule has 0 radical (unpaired) electrons. The third-order valence-electron chi connectivity index (χ3n) is 3.42. The van der Waals surface area contributed by atoms with Crippen molar-refractivity contribution >= 4 is 17.3 Å². The van der Waals surface area contributed by atoms with Crippen molar-refractivity contribution in [3.05, 3.63) is 60.2 Å². The Kier molecular flexibility index (Phi) is 4.60. The van der Waals surface area contributed by atoms with Crippen molar-refractivity contribution in [1.82, 2.24) is 0 Å². The van der Waals surface area contributed by atoms with Crippen LogP contribution in [-0.4, -0.2) is 24.1 Å². The second-order valence-corrected chi connectivity index (χ2v) is 5.26. The third kappa shape index (κ3) is 4.50. The van der Waals surface area contributed by atoms with Crippen molar-refractivity contribution in [3.8, 4) is 5.75 Å². The Morgan fingerprint density at radius 2 is 1.80 bits per heavy atom. The maximum absolute atomic E-state index is 12.2. The van der Waals surface area contributed by atoms with Crippen LogP contribution in [0.5, 0.6) is 5.75 Å². The SMILES string of the molecule is O=C(Nc1ccc(OC(F)(F)F)cc1)C1CC(c2ccccc2)=NO1. The van der Waals surface area contributed by atoms with E-state index in [4.69, 9.17) is 4.84 Å². The van der Waals surface area contributed by atoms with Crippen LogP contribution in [0.15, 0.2) is 59.8 Å². The van der Waals surface area contributed by atoms with Crippen LogP contribution in [0, 0.1) is 0 Å². The molecule has 3 rings (SSSR count). The van der Waals surface area contributed by atoms with Gasteiger partial charge < -0.3 is 14.9 Å². The summed E-state index contributed by atoms with van der Waals surface area (Å²) < 4.78 is 40.1. The van der Waals surface area contributed by atoms with E-state index in [-0.39, 0.29) is 5.75 Å². The van der Waals surface area contributed by atoms with Crippen molar-refractivity contribution in [2.75, 3.05) is 5.32 Å². The molecule has 1 heterocycles. The van der Waals surface area contributed by atoms with Crippen molar-refractivity contribution in [3.63, 3.8) is 0 Å². The van der Waals surface area contributed by atoms with Crippen LogP contribution < -0.4 is 10.1 Å². The molecule has 5 nitrogen and oxygen atoms in total. The normalized spacial score (nSPS) is 16.8. The monoisotopic (exact) mass is 350 g/mol. The number of alkyl halides is 3. The van der Waals surface area contributed by atoms with E-state index in [1.165, 1.54) is 12.1 Å². The molecule has 1 aliphatic rings. The molecule has 0 aromatic heterocycles. The number of nitrogens with one attached hydrogen (secondary N) is 1. The summed E-state index contributed by atoms with van der Waals surface area (Å²) in [5.41, 5.74) is 1.86. The predicted molar refractivity (Wildman–Crippen MR) is 84.2 cm³/mol. The Morgan fingerprint density at radius 3 is 2.44 bits per heavy atom. The Bertz CT molecular complexity index is 774. The molecule has 0 aliphatic carbocycles. The molecule has 1 aliphatic heterocycles. The summed E-state index contributed by atoms with van der Waals surface area (Å²) in [6.45, 7) is 0. The smallest absolute Gasteiger partial charge is 0.406 e. The summed E-state index contributed by atoms with van der Waals surface area (Å²) in [7, 11) is 0. The molecule has 0 saturated carbocycles. The van der Waals surface area contributed by atoms with Crippen LogP contribution in [0.3, 0.4) is 0 Å². The fourth-order valence-corrected chi connectivity index (χ4v) is 2.28. The highest BCUT2D eigenvalue weighted by molar-refractivity contribution is 6.06. The fourth-order valence-electron chi connectivity index (χ4n) is 2.28. The number of hydrogen-bond acceptors (Lipinski definition) is 4. The Labute approximate surface area is 141 Å². The van der Waals surface area contributed by atoms with Crippen LogP contribution in [0.4, 0.5) is 18.9 Å². The van der Waals surface area contributed by atoms with E-state index >= 15 is 0 Å². The van der Waals surface area contributed by atoms with Gasteiger partial charge in [0.1, 0.15) is 5.75 Å². The van der Waals surface area contributed by atoms with Crippen LogP contribution in [0.25, 0.3) is 0 Å². The first-order chi connectivity index (χ1) is 11.9. The van der Waals surface area contributed by atoms with E-state index in [2.05, 4.69) is 15.2 Å². The molecule has 0 fully saturated rings. The first kappa shape index (κ1) is 16.8. The number of carbonyl (C=O) groups is 1. The molecule has 2 aromatic carbocycles. The van der Waals surface area contributed by atoms with Crippen molar-refractivity contribution in [2.45, 2.75) is 18.9 Å². The molecule has 2 aromatic rings. The highest BCUT2D eigenvalue weighted by atomic mass is 19.4. The number of halogens is 3. The number of carbonyl (C=O) groups excluding carboxylic acids is 1. The average Bonchev–Trinajstić information content (AvgIpc) is 3.06. The van der Waals surface area contributed by atoms with Gasteiger partial charge in [-0.25, -0.2) is 0 Å².